The Labute approximate surface area is 200 Å². The van der Waals surface area contributed by atoms with Gasteiger partial charge in [-0.3, -0.25) is 0 Å². The standard InChI is InChI=1S/C27H36N3O2P/c1-20(31)26-28-13-15-30(26)14-5-6-25(33-4)22-10-7-21(8-11-22)9-12-23-24-18-29(16-17-32-3)19-27(23,24)2/h6-8,10-11,13,15,20,23-24,31,33H,5,14,16-19H2,1-4H3/b25-6-/t20-,23?,24?,27?/m0/s1. The Balaban J connectivity index is 1.33. The molecule has 6 heteroatoms. The molecule has 33 heavy (non-hydrogen) atoms. The van der Waals surface area contributed by atoms with Crippen LogP contribution in [0.15, 0.2) is 42.7 Å². The minimum Gasteiger partial charge on any atom is -0.385 e. The van der Waals surface area contributed by atoms with Gasteiger partial charge in [-0.25, -0.2) is 4.98 Å². The molecule has 5 atom stereocenters. The molecular formula is C27H36N3O2P. The molecule has 1 aromatic heterocycles. The van der Waals surface area contributed by atoms with Gasteiger partial charge >= 0.3 is 0 Å². The van der Waals surface area contributed by atoms with Crippen LogP contribution in [0.3, 0.4) is 0 Å². The van der Waals surface area contributed by atoms with E-state index in [9.17, 15) is 5.11 Å². The van der Waals surface area contributed by atoms with Crippen molar-refractivity contribution in [2.24, 2.45) is 17.3 Å². The van der Waals surface area contributed by atoms with E-state index in [0.717, 1.165) is 59.2 Å². The van der Waals surface area contributed by atoms with Gasteiger partial charge in [0.15, 0.2) is 0 Å². The Hall–Kier alpha value is -1.96. The van der Waals surface area contributed by atoms with Crippen LogP contribution in [0.2, 0.25) is 0 Å². The third-order valence-corrected chi connectivity index (χ3v) is 8.19. The number of benzene rings is 1. The fourth-order valence-corrected chi connectivity index (χ4v) is 5.96. The summed E-state index contributed by atoms with van der Waals surface area (Å²) in [5, 5.41) is 11.2. The van der Waals surface area contributed by atoms with Crippen molar-refractivity contribution in [1.29, 1.82) is 0 Å². The predicted molar refractivity (Wildman–Crippen MR) is 136 cm³/mol. The summed E-state index contributed by atoms with van der Waals surface area (Å²) in [5.74, 6) is 8.97. The average Bonchev–Trinajstić information content (AvgIpc) is 3.15. The number of hydrogen-bond acceptors (Lipinski definition) is 4. The first-order chi connectivity index (χ1) is 16.0. The largest absolute Gasteiger partial charge is 0.385 e. The molecule has 1 aliphatic heterocycles. The number of aryl methyl sites for hydroxylation is 1. The lowest BCUT2D eigenvalue weighted by Gasteiger charge is -2.19. The summed E-state index contributed by atoms with van der Waals surface area (Å²) >= 11 is 0. The Bertz CT molecular complexity index is 1030. The van der Waals surface area contributed by atoms with Crippen molar-refractivity contribution >= 4 is 13.9 Å². The molecule has 1 N–H and O–H groups in total. The zero-order valence-corrected chi connectivity index (χ0v) is 21.2. The highest BCUT2D eigenvalue weighted by Gasteiger charge is 2.65. The average molecular weight is 466 g/mol. The van der Waals surface area contributed by atoms with Crippen molar-refractivity contribution in [1.82, 2.24) is 14.5 Å². The molecule has 1 saturated heterocycles. The third-order valence-electron chi connectivity index (χ3n) is 7.16. The maximum Gasteiger partial charge on any atom is 0.137 e. The lowest BCUT2D eigenvalue weighted by atomic mass is 10.1. The number of nitrogens with zero attached hydrogens (tertiary/aromatic N) is 3. The number of allylic oxidation sites excluding steroid dienone is 1. The molecule has 2 aromatic rings. The van der Waals surface area contributed by atoms with Gasteiger partial charge in [0.05, 0.1) is 6.61 Å². The van der Waals surface area contributed by atoms with Crippen molar-refractivity contribution in [2.45, 2.75) is 32.9 Å². The van der Waals surface area contributed by atoms with Crippen molar-refractivity contribution in [3.63, 3.8) is 0 Å². The molecule has 0 spiro atoms. The molecular weight excluding hydrogens is 429 g/mol. The van der Waals surface area contributed by atoms with Gasteiger partial charge in [0.1, 0.15) is 11.9 Å². The lowest BCUT2D eigenvalue weighted by molar-refractivity contribution is 0.149. The maximum absolute atomic E-state index is 9.82. The molecule has 1 aromatic carbocycles. The van der Waals surface area contributed by atoms with Crippen LogP contribution < -0.4 is 0 Å². The van der Waals surface area contributed by atoms with E-state index in [-0.39, 0.29) is 0 Å². The number of piperidine rings is 1. The molecule has 1 aliphatic carbocycles. The highest BCUT2D eigenvalue weighted by Crippen LogP contribution is 2.62. The minimum atomic E-state index is -0.544. The van der Waals surface area contributed by atoms with Crippen LogP contribution in [-0.4, -0.2) is 59.6 Å². The van der Waals surface area contributed by atoms with E-state index in [1.54, 1.807) is 20.2 Å². The Morgan fingerprint density at radius 1 is 1.36 bits per heavy atom. The van der Waals surface area contributed by atoms with E-state index in [0.29, 0.717) is 17.3 Å². The molecule has 2 heterocycles. The molecule has 4 unspecified atom stereocenters. The summed E-state index contributed by atoms with van der Waals surface area (Å²) in [5.41, 5.74) is 2.73. The normalized spacial score (nSPS) is 25.8. The molecule has 176 valence electrons. The summed E-state index contributed by atoms with van der Waals surface area (Å²) in [6, 6.07) is 8.71. The fourth-order valence-electron chi connectivity index (χ4n) is 5.16. The Kier molecular flexibility index (Phi) is 7.72. The number of imidazole rings is 1. The van der Waals surface area contributed by atoms with E-state index >= 15 is 0 Å². The van der Waals surface area contributed by atoms with Gasteiger partial charge in [0.2, 0.25) is 0 Å². The van der Waals surface area contributed by atoms with E-state index in [1.165, 1.54) is 10.9 Å². The SMILES string of the molecule is COCCN1CC2C(C#Cc3ccc(/C(=C/CCn4ccnc4[C@H](C)O)PC)cc3)C2(C)C1. The van der Waals surface area contributed by atoms with Crippen LogP contribution in [-0.2, 0) is 11.3 Å². The minimum absolute atomic E-state index is 0.364. The topological polar surface area (TPSA) is 50.5 Å². The van der Waals surface area contributed by atoms with Crippen LogP contribution in [0, 0.1) is 29.1 Å². The highest BCUT2D eigenvalue weighted by molar-refractivity contribution is 7.49. The number of fused-ring (bicyclic) bond motifs is 1. The quantitative estimate of drug-likeness (QED) is 0.445. The number of aliphatic hydroxyl groups excluding tert-OH is 1. The molecule has 1 saturated carbocycles. The van der Waals surface area contributed by atoms with Crippen LogP contribution in [0.4, 0.5) is 0 Å². The number of aromatic nitrogens is 2. The molecule has 5 nitrogen and oxygen atoms in total. The van der Waals surface area contributed by atoms with Gasteiger partial charge in [0, 0.05) is 57.2 Å². The smallest absolute Gasteiger partial charge is 0.137 e. The summed E-state index contributed by atoms with van der Waals surface area (Å²) in [7, 11) is 2.50. The zero-order valence-electron chi connectivity index (χ0n) is 20.2. The lowest BCUT2D eigenvalue weighted by Crippen LogP contribution is -2.29. The number of ether oxygens (including phenoxy) is 1. The fraction of sp³-hybridized carbons (Fsp3) is 0.519. The molecule has 4 rings (SSSR count). The highest BCUT2D eigenvalue weighted by atomic mass is 31.1. The summed E-state index contributed by atoms with van der Waals surface area (Å²) < 4.78 is 7.25. The van der Waals surface area contributed by atoms with Gasteiger partial charge in [-0.2, -0.15) is 0 Å². The molecule has 0 bridgehead atoms. The number of rotatable bonds is 9. The second-order valence-corrected chi connectivity index (χ2v) is 10.5. The van der Waals surface area contributed by atoms with Crippen molar-refractivity contribution in [3.05, 3.63) is 59.7 Å². The number of hydrogen-bond donors (Lipinski definition) is 1. The van der Waals surface area contributed by atoms with Crippen molar-refractivity contribution in [2.75, 3.05) is 40.0 Å². The van der Waals surface area contributed by atoms with E-state index < -0.39 is 6.10 Å². The van der Waals surface area contributed by atoms with Gasteiger partial charge in [-0.1, -0.05) is 45.6 Å². The summed E-state index contributed by atoms with van der Waals surface area (Å²) in [4.78, 5) is 6.76. The monoisotopic (exact) mass is 465 g/mol. The predicted octanol–water partition coefficient (Wildman–Crippen LogP) is 4.24. The molecule has 2 fully saturated rings. The van der Waals surface area contributed by atoms with E-state index in [4.69, 9.17) is 4.74 Å². The Morgan fingerprint density at radius 3 is 2.79 bits per heavy atom. The zero-order chi connectivity index (χ0) is 23.4. The van der Waals surface area contributed by atoms with E-state index in [1.807, 2.05) is 10.8 Å². The number of methoxy groups -OCH3 is 1. The second-order valence-electron chi connectivity index (χ2n) is 9.48. The Morgan fingerprint density at radius 2 is 2.15 bits per heavy atom. The van der Waals surface area contributed by atoms with Crippen LogP contribution >= 0.6 is 8.58 Å². The first-order valence-corrected chi connectivity index (χ1v) is 13.4. The van der Waals surface area contributed by atoms with Gasteiger partial charge < -0.3 is 19.3 Å². The van der Waals surface area contributed by atoms with Gasteiger partial charge in [-0.05, 0) is 54.4 Å². The van der Waals surface area contributed by atoms with Gasteiger partial charge in [-0.15, -0.1) is 0 Å². The van der Waals surface area contributed by atoms with E-state index in [2.05, 4.69) is 65.7 Å². The third kappa shape index (κ3) is 5.42. The van der Waals surface area contributed by atoms with Crippen LogP contribution in [0.5, 0.6) is 0 Å². The first kappa shape index (κ1) is 24.2. The number of aliphatic hydroxyl groups is 1. The molecule has 0 radical (unpaired) electrons. The van der Waals surface area contributed by atoms with Crippen LogP contribution in [0.1, 0.15) is 43.3 Å². The van der Waals surface area contributed by atoms with Crippen LogP contribution in [0.25, 0.3) is 5.31 Å². The van der Waals surface area contributed by atoms with Crippen molar-refractivity contribution in [3.8, 4) is 11.8 Å². The molecule has 0 amide bonds. The van der Waals surface area contributed by atoms with Crippen molar-refractivity contribution < 1.29 is 9.84 Å². The maximum atomic E-state index is 9.82. The second kappa shape index (κ2) is 10.5. The molecule has 2 aliphatic rings. The summed E-state index contributed by atoms with van der Waals surface area (Å²) in [6.07, 6.45) is 6.37. The first-order valence-electron chi connectivity index (χ1n) is 11.9. The number of likely N-dealkylation sites (tertiary alicyclic amines) is 1. The van der Waals surface area contributed by atoms with Gasteiger partial charge in [0.25, 0.3) is 0 Å². The summed E-state index contributed by atoms with van der Waals surface area (Å²) in [6.45, 7) is 11.3.